The van der Waals surface area contributed by atoms with Crippen LogP contribution in [0.15, 0.2) is 78.8 Å². The second kappa shape index (κ2) is 18.5. The number of aliphatic carboxylic acids is 1. The second-order valence-corrected chi connectivity index (χ2v) is 18.9. The lowest BCUT2D eigenvalue weighted by Crippen LogP contribution is -2.67. The number of ether oxygens (including phenoxy) is 2. The first-order valence-electron chi connectivity index (χ1n) is 23.1. The number of aromatic nitrogens is 2. The number of carboxylic acid groups (broad SMARTS) is 1. The van der Waals surface area contributed by atoms with E-state index in [4.69, 9.17) is 9.47 Å². The van der Waals surface area contributed by atoms with Gasteiger partial charge in [0, 0.05) is 78.7 Å². The molecule has 1 saturated heterocycles. The predicted molar refractivity (Wildman–Crippen MR) is 243 cm³/mol. The van der Waals surface area contributed by atoms with Crippen LogP contribution < -0.4 is 9.64 Å². The van der Waals surface area contributed by atoms with Crippen LogP contribution in [0.25, 0.3) is 6.08 Å². The van der Waals surface area contributed by atoms with E-state index < -0.39 is 102 Å². The fraction of sp³-hybridized carbons (Fsp3) is 0.460. The van der Waals surface area contributed by atoms with Gasteiger partial charge >= 0.3 is 11.9 Å². The monoisotopic (exact) mass is 955 g/mol. The van der Waals surface area contributed by atoms with Crippen molar-refractivity contribution < 1.29 is 80.3 Å². The summed E-state index contributed by atoms with van der Waals surface area (Å²) in [6.45, 7) is -2.06. The Labute approximate surface area is 395 Å². The van der Waals surface area contributed by atoms with Crippen molar-refractivity contribution in [2.24, 2.45) is 23.7 Å². The van der Waals surface area contributed by atoms with Gasteiger partial charge < -0.3 is 75.7 Å². The minimum atomic E-state index is -3.23. The first-order valence-corrected chi connectivity index (χ1v) is 23.1. The van der Waals surface area contributed by atoms with Crippen LogP contribution in [0.3, 0.4) is 0 Å². The van der Waals surface area contributed by atoms with E-state index in [9.17, 15) is 66.1 Å². The fourth-order valence-electron chi connectivity index (χ4n) is 12.7. The highest BCUT2D eigenvalue weighted by Crippen LogP contribution is 2.71. The zero-order valence-corrected chi connectivity index (χ0v) is 37.4. The van der Waals surface area contributed by atoms with Gasteiger partial charge in [-0.2, -0.15) is 0 Å². The van der Waals surface area contributed by atoms with Crippen molar-refractivity contribution in [3.8, 4) is 23.0 Å². The third-order valence-electron chi connectivity index (χ3n) is 15.5. The van der Waals surface area contributed by atoms with Crippen molar-refractivity contribution >= 4 is 23.6 Å². The number of carboxylic acids is 1. The molecule has 5 aliphatic rings. The summed E-state index contributed by atoms with van der Waals surface area (Å²) in [4.78, 5) is 38.0. The Morgan fingerprint density at radius 3 is 2.41 bits per heavy atom. The number of hydrogen-bond donors (Lipinski definition) is 13. The van der Waals surface area contributed by atoms with Crippen molar-refractivity contribution in [2.75, 3.05) is 31.3 Å². The molecule has 0 spiro atoms. The van der Waals surface area contributed by atoms with Gasteiger partial charge in [0.1, 0.15) is 29.8 Å². The van der Waals surface area contributed by atoms with Gasteiger partial charge in [-0.1, -0.05) is 23.8 Å². The number of carbonyl (C=O) groups is 2. The molecule has 3 aromatic carbocycles. The van der Waals surface area contributed by atoms with Crippen molar-refractivity contribution in [3.63, 3.8) is 0 Å². The van der Waals surface area contributed by atoms with E-state index in [0.717, 1.165) is 28.7 Å². The van der Waals surface area contributed by atoms with Crippen molar-refractivity contribution in [2.45, 2.75) is 92.2 Å². The standard InChI is InChI=1S/C50H57N3O16/c54-14-2-4-27-19-48(47(65)66)43(42(27)49-30(11-9-28(21-55)33(49)22-56)10-8-26-3-1-5-36(59)41(26)49)32-17-37(60)38(68-50(67)46(64)45(63)44(62)39(23-57)69-50)18-34(32)53(48)40(61)13-7-25-6-12-35(58)29(15-25)16-31-20-51-24-52-31/h1,3,5-7,12-13,15,17-20,24,28,30,33,39,42-46,54-60,62-64,67H,2,4,8-11,14,16,21-23H2,(H,51,52)(H,65,66). The lowest BCUT2D eigenvalue weighted by molar-refractivity contribution is -0.422. The molecule has 3 heterocycles. The summed E-state index contributed by atoms with van der Waals surface area (Å²) < 4.78 is 11.1. The average molecular weight is 956 g/mol. The smallest absolute Gasteiger partial charge is 0.355 e. The highest BCUT2D eigenvalue weighted by atomic mass is 16.8. The molecule has 0 bridgehead atoms. The number of phenolic OH excluding ortho intramolecular Hbond substituents is 3. The molecular weight excluding hydrogens is 899 g/mol. The highest BCUT2D eigenvalue weighted by Gasteiger charge is 2.71. The molecule has 2 fully saturated rings. The quantitative estimate of drug-likeness (QED) is 0.0483. The molecule has 19 heteroatoms. The first-order chi connectivity index (χ1) is 33.1. The normalized spacial score (nSPS) is 32.6. The van der Waals surface area contributed by atoms with Crippen LogP contribution in [-0.4, -0.2) is 145 Å². The Morgan fingerprint density at radius 1 is 0.913 bits per heavy atom. The van der Waals surface area contributed by atoms with E-state index in [0.29, 0.717) is 53.6 Å². The number of phenols is 3. The average Bonchev–Trinajstić information content (AvgIpc) is 4.05. The Balaban J connectivity index is 1.27. The molecular formula is C50H57N3O16. The van der Waals surface area contributed by atoms with Gasteiger partial charge in [-0.15, -0.1) is 0 Å². The minimum absolute atomic E-state index is 0.0273. The fourth-order valence-corrected chi connectivity index (χ4v) is 12.7. The van der Waals surface area contributed by atoms with Crippen molar-refractivity contribution in [1.29, 1.82) is 0 Å². The van der Waals surface area contributed by atoms with E-state index >= 15 is 4.79 Å². The predicted octanol–water partition coefficient (Wildman–Crippen LogP) is 1.42. The van der Waals surface area contributed by atoms with Crippen LogP contribution in [0.4, 0.5) is 5.69 Å². The number of amides is 1. The SMILES string of the molecule is O=C(C=Cc1ccc(O)c(Cc2cnc[nH]2)c1)N1c2cc(OC3(O)OC(CO)C(O)C(O)C3O)c(O)cc2C2C(C34c5c(O)cccc5CCC3CCC(CO)C4CO)C(CCCO)=CC21C(=O)O. The van der Waals surface area contributed by atoms with Gasteiger partial charge in [-0.3, -0.25) is 9.69 Å². The van der Waals surface area contributed by atoms with Gasteiger partial charge in [0.2, 0.25) is 0 Å². The number of aromatic amines is 1. The Bertz CT molecular complexity index is 2660. The Kier molecular flexibility index (Phi) is 12.9. The lowest BCUT2D eigenvalue weighted by Gasteiger charge is -2.60. The van der Waals surface area contributed by atoms with E-state index in [1.807, 2.05) is 6.07 Å². The number of aryl methyl sites for hydroxylation is 1. The third-order valence-corrected chi connectivity index (χ3v) is 15.5. The topological polar surface area (TPSA) is 327 Å². The number of imidazole rings is 1. The van der Waals surface area contributed by atoms with Crippen molar-refractivity contribution in [3.05, 3.63) is 112 Å². The van der Waals surface area contributed by atoms with Crippen LogP contribution in [0.5, 0.6) is 23.0 Å². The summed E-state index contributed by atoms with van der Waals surface area (Å²) in [6.07, 6.45) is 1.71. The highest BCUT2D eigenvalue weighted by molar-refractivity contribution is 6.13. The summed E-state index contributed by atoms with van der Waals surface area (Å²) >= 11 is 0. The number of aromatic hydroxyl groups is 3. The Morgan fingerprint density at radius 2 is 1.71 bits per heavy atom. The zero-order valence-electron chi connectivity index (χ0n) is 37.4. The third kappa shape index (κ3) is 7.58. The number of nitrogens with zero attached hydrogens (tertiary/aromatic N) is 2. The van der Waals surface area contributed by atoms with E-state index in [2.05, 4.69) is 9.97 Å². The molecule has 1 saturated carbocycles. The molecule has 4 aromatic rings. The molecule has 13 N–H and O–H groups in total. The van der Waals surface area contributed by atoms with Gasteiger partial charge in [0.05, 0.1) is 18.6 Å². The number of H-pyrrole nitrogens is 1. The molecule has 2 aliphatic heterocycles. The van der Waals surface area contributed by atoms with Gasteiger partial charge in [0.25, 0.3) is 5.91 Å². The second-order valence-electron chi connectivity index (χ2n) is 18.9. The van der Waals surface area contributed by atoms with Crippen LogP contribution in [0, 0.1) is 23.7 Å². The number of benzene rings is 3. The van der Waals surface area contributed by atoms with Crippen LogP contribution >= 0.6 is 0 Å². The number of nitrogens with one attached hydrogen (secondary N) is 1. The Hall–Kier alpha value is -5.87. The molecule has 0 radical (unpaired) electrons. The number of rotatable bonds is 14. The molecule has 368 valence electrons. The molecule has 1 amide bonds. The van der Waals surface area contributed by atoms with Crippen LogP contribution in [0.1, 0.15) is 71.5 Å². The van der Waals surface area contributed by atoms with E-state index in [1.165, 1.54) is 30.6 Å². The maximum atomic E-state index is 15.3. The molecule has 9 rings (SSSR count). The summed E-state index contributed by atoms with van der Waals surface area (Å²) in [7, 11) is 0. The van der Waals surface area contributed by atoms with Gasteiger partial charge in [-0.25, -0.2) is 9.78 Å². The summed E-state index contributed by atoms with van der Waals surface area (Å²) in [5.74, 6) is -11.1. The summed E-state index contributed by atoms with van der Waals surface area (Å²) in [6, 6.07) is 12.0. The van der Waals surface area contributed by atoms with Crippen LogP contribution in [0.2, 0.25) is 0 Å². The number of hydrogen-bond acceptors (Lipinski definition) is 16. The largest absolute Gasteiger partial charge is 0.508 e. The molecule has 12 unspecified atom stereocenters. The number of anilines is 1. The molecule has 1 aromatic heterocycles. The lowest BCUT2D eigenvalue weighted by atomic mass is 9.43. The molecule has 19 nitrogen and oxygen atoms in total. The molecule has 12 atom stereocenters. The van der Waals surface area contributed by atoms with Gasteiger partial charge in [-0.05, 0) is 109 Å². The number of aliphatic hydroxyl groups excluding tert-OH is 7. The minimum Gasteiger partial charge on any atom is -0.508 e. The number of carbonyl (C=O) groups excluding carboxylic acids is 1. The number of allylic oxidation sites excluding steroid dienone is 1. The maximum absolute atomic E-state index is 15.3. The van der Waals surface area contributed by atoms with E-state index in [1.54, 1.807) is 24.4 Å². The molecule has 3 aliphatic carbocycles. The van der Waals surface area contributed by atoms with E-state index in [-0.39, 0.29) is 61.1 Å². The maximum Gasteiger partial charge on any atom is 0.355 e. The molecule has 69 heavy (non-hydrogen) atoms. The zero-order chi connectivity index (χ0) is 49.2. The first kappa shape index (κ1) is 48.2. The number of fused-ring (bicyclic) bond motifs is 6. The summed E-state index contributed by atoms with van der Waals surface area (Å²) in [5.41, 5.74) is -0.361. The van der Waals surface area contributed by atoms with Crippen molar-refractivity contribution in [1.82, 2.24) is 9.97 Å². The number of aliphatic hydroxyl groups is 8. The van der Waals surface area contributed by atoms with Crippen LogP contribution in [-0.2, 0) is 32.6 Å². The summed E-state index contributed by atoms with van der Waals surface area (Å²) in [5, 5.41) is 133. The van der Waals surface area contributed by atoms with Gasteiger partial charge in [0.15, 0.2) is 23.1 Å².